The monoisotopic (exact) mass is 278 g/mol. The summed E-state index contributed by atoms with van der Waals surface area (Å²) in [5.41, 5.74) is 7.18. The van der Waals surface area contributed by atoms with Crippen molar-refractivity contribution in [3.63, 3.8) is 0 Å². The Morgan fingerprint density at radius 3 is 2.05 bits per heavy atom. The number of hydrogen-bond donors (Lipinski definition) is 1. The average Bonchev–Trinajstić information content (AvgIpc) is 2.42. The van der Waals surface area contributed by atoms with E-state index >= 15 is 0 Å². The third-order valence-electron chi connectivity index (χ3n) is 3.69. The summed E-state index contributed by atoms with van der Waals surface area (Å²) in [5, 5.41) is 0. The first-order valence-corrected chi connectivity index (χ1v) is 7.69. The Labute approximate surface area is 124 Å². The largest absolute Gasteiger partial charge is 0.492 e. The minimum absolute atomic E-state index is 0.126. The average molecular weight is 278 g/mol. The molecule has 0 heterocycles. The Hall–Kier alpha value is -1.06. The quantitative estimate of drug-likeness (QED) is 0.789. The second-order valence-corrected chi connectivity index (χ2v) is 5.86. The zero-order valence-corrected chi connectivity index (χ0v) is 13.6. The van der Waals surface area contributed by atoms with E-state index in [0.717, 1.165) is 25.3 Å². The molecule has 0 unspecified atom stereocenters. The molecule has 0 saturated heterocycles. The van der Waals surface area contributed by atoms with Gasteiger partial charge in [-0.3, -0.25) is 4.90 Å². The van der Waals surface area contributed by atoms with Crippen molar-refractivity contribution in [3.8, 4) is 5.75 Å². The molecule has 0 bridgehead atoms. The molecule has 1 aromatic rings. The molecule has 0 aromatic heterocycles. The number of rotatable bonds is 8. The lowest BCUT2D eigenvalue weighted by Crippen LogP contribution is -2.39. The van der Waals surface area contributed by atoms with Gasteiger partial charge in [0.05, 0.1) is 0 Å². The topological polar surface area (TPSA) is 38.5 Å². The van der Waals surface area contributed by atoms with Crippen molar-refractivity contribution in [1.82, 2.24) is 4.90 Å². The molecule has 0 amide bonds. The normalized spacial score (nSPS) is 13.2. The van der Waals surface area contributed by atoms with Crippen LogP contribution in [-0.2, 0) is 0 Å². The molecule has 0 aliphatic carbocycles. The highest BCUT2D eigenvalue weighted by molar-refractivity contribution is 5.28. The van der Waals surface area contributed by atoms with Gasteiger partial charge >= 0.3 is 0 Å². The zero-order valence-electron chi connectivity index (χ0n) is 13.6. The molecule has 1 aromatic carbocycles. The smallest absolute Gasteiger partial charge is 0.119 e. The molecule has 0 spiro atoms. The highest BCUT2D eigenvalue weighted by Gasteiger charge is 2.12. The Bertz CT molecular complexity index is 365. The van der Waals surface area contributed by atoms with E-state index in [0.29, 0.717) is 12.1 Å². The molecule has 2 N–H and O–H groups in total. The standard InChI is InChI=1S/C17H30N2O/c1-6-17(18)15-7-9-16(10-8-15)20-12-11-19(13(2)3)14(4)5/h7-10,13-14,17H,6,11-12,18H2,1-5H3/t17-/m0/s1. The lowest BCUT2D eigenvalue weighted by Gasteiger charge is -2.30. The molecule has 0 aliphatic rings. The first-order valence-electron chi connectivity index (χ1n) is 7.69. The predicted octanol–water partition coefficient (Wildman–Crippen LogP) is 3.59. The Kier molecular flexibility index (Phi) is 7.03. The molecule has 0 radical (unpaired) electrons. The summed E-state index contributed by atoms with van der Waals surface area (Å²) in [6.07, 6.45) is 0.956. The van der Waals surface area contributed by atoms with Crippen LogP contribution in [0.1, 0.15) is 52.6 Å². The second kappa shape index (κ2) is 8.28. The third kappa shape index (κ3) is 5.14. The second-order valence-electron chi connectivity index (χ2n) is 5.86. The lowest BCUT2D eigenvalue weighted by molar-refractivity contribution is 0.142. The van der Waals surface area contributed by atoms with Crippen LogP contribution in [0.25, 0.3) is 0 Å². The number of ether oxygens (including phenoxy) is 1. The van der Waals surface area contributed by atoms with Crippen LogP contribution in [0.4, 0.5) is 0 Å². The van der Waals surface area contributed by atoms with Crippen molar-refractivity contribution < 1.29 is 4.74 Å². The first-order chi connectivity index (χ1) is 9.45. The van der Waals surface area contributed by atoms with E-state index in [1.54, 1.807) is 0 Å². The maximum absolute atomic E-state index is 6.00. The zero-order chi connectivity index (χ0) is 15.1. The maximum atomic E-state index is 6.00. The Morgan fingerprint density at radius 2 is 1.60 bits per heavy atom. The minimum Gasteiger partial charge on any atom is -0.492 e. The fraction of sp³-hybridized carbons (Fsp3) is 0.647. The van der Waals surface area contributed by atoms with Gasteiger partial charge in [0.15, 0.2) is 0 Å². The minimum atomic E-state index is 0.126. The molecular formula is C17H30N2O. The summed E-state index contributed by atoms with van der Waals surface area (Å²) in [5.74, 6) is 0.921. The van der Waals surface area contributed by atoms with Crippen LogP contribution in [-0.4, -0.2) is 30.1 Å². The molecule has 0 aliphatic heterocycles. The van der Waals surface area contributed by atoms with Gasteiger partial charge < -0.3 is 10.5 Å². The van der Waals surface area contributed by atoms with Crippen molar-refractivity contribution >= 4 is 0 Å². The number of benzene rings is 1. The fourth-order valence-electron chi connectivity index (χ4n) is 2.43. The van der Waals surface area contributed by atoms with E-state index in [1.165, 1.54) is 5.56 Å². The van der Waals surface area contributed by atoms with Crippen molar-refractivity contribution in [1.29, 1.82) is 0 Å². The van der Waals surface area contributed by atoms with Crippen LogP contribution < -0.4 is 10.5 Å². The molecule has 114 valence electrons. The summed E-state index contributed by atoms with van der Waals surface area (Å²) >= 11 is 0. The van der Waals surface area contributed by atoms with Gasteiger partial charge in [-0.15, -0.1) is 0 Å². The van der Waals surface area contributed by atoms with Crippen LogP contribution >= 0.6 is 0 Å². The molecule has 20 heavy (non-hydrogen) atoms. The molecular weight excluding hydrogens is 248 g/mol. The maximum Gasteiger partial charge on any atom is 0.119 e. The Morgan fingerprint density at radius 1 is 1.05 bits per heavy atom. The molecule has 0 fully saturated rings. The van der Waals surface area contributed by atoms with Crippen molar-refractivity contribution in [2.75, 3.05) is 13.2 Å². The van der Waals surface area contributed by atoms with E-state index in [2.05, 4.69) is 51.7 Å². The van der Waals surface area contributed by atoms with Gasteiger partial charge in [0.2, 0.25) is 0 Å². The van der Waals surface area contributed by atoms with Crippen LogP contribution in [0.2, 0.25) is 0 Å². The summed E-state index contributed by atoms with van der Waals surface area (Å²) in [6.45, 7) is 12.7. The van der Waals surface area contributed by atoms with E-state index < -0.39 is 0 Å². The van der Waals surface area contributed by atoms with Gasteiger partial charge in [-0.2, -0.15) is 0 Å². The Balaban J connectivity index is 2.46. The molecule has 3 nitrogen and oxygen atoms in total. The van der Waals surface area contributed by atoms with Crippen molar-refractivity contribution in [3.05, 3.63) is 29.8 Å². The number of nitrogens with two attached hydrogens (primary N) is 1. The lowest BCUT2D eigenvalue weighted by atomic mass is 10.1. The van der Waals surface area contributed by atoms with E-state index in [1.807, 2.05) is 12.1 Å². The molecule has 1 rings (SSSR count). The van der Waals surface area contributed by atoms with Gasteiger partial charge in [0.1, 0.15) is 12.4 Å². The molecule has 1 atom stereocenters. The van der Waals surface area contributed by atoms with Crippen molar-refractivity contribution in [2.24, 2.45) is 5.73 Å². The van der Waals surface area contributed by atoms with Gasteiger partial charge in [0, 0.05) is 24.7 Å². The number of nitrogens with zero attached hydrogens (tertiary/aromatic N) is 1. The van der Waals surface area contributed by atoms with Gasteiger partial charge in [-0.05, 0) is 51.8 Å². The summed E-state index contributed by atoms with van der Waals surface area (Å²) in [6, 6.07) is 9.37. The summed E-state index contributed by atoms with van der Waals surface area (Å²) < 4.78 is 5.82. The van der Waals surface area contributed by atoms with Crippen molar-refractivity contribution in [2.45, 2.75) is 59.2 Å². The first kappa shape index (κ1) is 17.0. The summed E-state index contributed by atoms with van der Waals surface area (Å²) in [4.78, 5) is 2.43. The van der Waals surface area contributed by atoms with Crippen LogP contribution in [0, 0.1) is 0 Å². The summed E-state index contributed by atoms with van der Waals surface area (Å²) in [7, 11) is 0. The van der Waals surface area contributed by atoms with Gasteiger partial charge in [0.25, 0.3) is 0 Å². The van der Waals surface area contributed by atoms with Crippen LogP contribution in [0.5, 0.6) is 5.75 Å². The molecule has 3 heteroatoms. The fourth-order valence-corrected chi connectivity index (χ4v) is 2.43. The van der Waals surface area contributed by atoms with E-state index in [-0.39, 0.29) is 6.04 Å². The van der Waals surface area contributed by atoms with Gasteiger partial charge in [-0.25, -0.2) is 0 Å². The highest BCUT2D eigenvalue weighted by atomic mass is 16.5. The highest BCUT2D eigenvalue weighted by Crippen LogP contribution is 2.18. The van der Waals surface area contributed by atoms with E-state index in [9.17, 15) is 0 Å². The van der Waals surface area contributed by atoms with Crippen LogP contribution in [0.3, 0.4) is 0 Å². The van der Waals surface area contributed by atoms with Gasteiger partial charge in [-0.1, -0.05) is 19.1 Å². The van der Waals surface area contributed by atoms with E-state index in [4.69, 9.17) is 10.5 Å². The SMILES string of the molecule is CC[C@H](N)c1ccc(OCCN(C(C)C)C(C)C)cc1. The predicted molar refractivity (Wildman–Crippen MR) is 86.1 cm³/mol. The molecule has 0 saturated carbocycles. The third-order valence-corrected chi connectivity index (χ3v) is 3.69. The van der Waals surface area contributed by atoms with Crippen LogP contribution in [0.15, 0.2) is 24.3 Å². The number of hydrogen-bond acceptors (Lipinski definition) is 3.